The molecule has 0 radical (unpaired) electrons. The summed E-state index contributed by atoms with van der Waals surface area (Å²) in [7, 11) is 2.07. The Morgan fingerprint density at radius 3 is 2.63 bits per heavy atom. The highest BCUT2D eigenvalue weighted by Crippen LogP contribution is 2.32. The molecule has 0 spiro atoms. The molecule has 0 aromatic heterocycles. The molecule has 0 saturated carbocycles. The van der Waals surface area contributed by atoms with E-state index in [4.69, 9.17) is 5.73 Å². The summed E-state index contributed by atoms with van der Waals surface area (Å²) in [6.07, 6.45) is 3.60. The van der Waals surface area contributed by atoms with Crippen molar-refractivity contribution in [2.45, 2.75) is 25.7 Å². The minimum absolute atomic E-state index is 0.234. The smallest absolute Gasteiger partial charge is 0.227 e. The van der Waals surface area contributed by atoms with E-state index in [-0.39, 0.29) is 5.91 Å². The van der Waals surface area contributed by atoms with Gasteiger partial charge in [-0.05, 0) is 31.5 Å². The van der Waals surface area contributed by atoms with E-state index in [1.807, 2.05) is 23.1 Å². The van der Waals surface area contributed by atoms with Gasteiger partial charge in [0.05, 0.1) is 11.4 Å². The summed E-state index contributed by atoms with van der Waals surface area (Å²) in [6.45, 7) is 2.39. The third kappa shape index (κ3) is 3.26. The Balaban J connectivity index is 2.01. The normalized spacial score (nSPS) is 14.4. The average Bonchev–Trinajstić information content (AvgIpc) is 2.44. The lowest BCUT2D eigenvalue weighted by Gasteiger charge is -2.35. The maximum Gasteiger partial charge on any atom is 0.227 e. The number of anilines is 2. The van der Waals surface area contributed by atoms with E-state index >= 15 is 0 Å². The van der Waals surface area contributed by atoms with Gasteiger partial charge >= 0.3 is 0 Å². The SMILES string of the molecule is CN1CCN(C(=O)CCCCCN)c2ccccc21. The van der Waals surface area contributed by atoms with Gasteiger partial charge in [0.15, 0.2) is 0 Å². The summed E-state index contributed by atoms with van der Waals surface area (Å²) in [5.41, 5.74) is 7.65. The lowest BCUT2D eigenvalue weighted by molar-refractivity contribution is -0.118. The minimum atomic E-state index is 0.234. The molecule has 2 N–H and O–H groups in total. The van der Waals surface area contributed by atoms with Crippen LogP contribution in [0.15, 0.2) is 24.3 Å². The topological polar surface area (TPSA) is 49.6 Å². The van der Waals surface area contributed by atoms with Crippen molar-refractivity contribution in [1.29, 1.82) is 0 Å². The zero-order valence-electron chi connectivity index (χ0n) is 11.6. The Morgan fingerprint density at radius 2 is 1.89 bits per heavy atom. The molecule has 2 rings (SSSR count). The molecule has 104 valence electrons. The monoisotopic (exact) mass is 261 g/mol. The maximum absolute atomic E-state index is 12.3. The Bertz CT molecular complexity index is 433. The number of benzene rings is 1. The quantitative estimate of drug-likeness (QED) is 0.825. The van der Waals surface area contributed by atoms with E-state index in [9.17, 15) is 4.79 Å². The lowest BCUT2D eigenvalue weighted by Crippen LogP contribution is -2.42. The first-order valence-corrected chi connectivity index (χ1v) is 7.04. The third-order valence-electron chi connectivity index (χ3n) is 3.64. The first-order chi connectivity index (χ1) is 9.24. The summed E-state index contributed by atoms with van der Waals surface area (Å²) in [6, 6.07) is 8.11. The zero-order valence-corrected chi connectivity index (χ0v) is 11.6. The van der Waals surface area contributed by atoms with Crippen LogP contribution >= 0.6 is 0 Å². The molecule has 0 saturated heterocycles. The first kappa shape index (κ1) is 13.9. The predicted molar refractivity (Wildman–Crippen MR) is 79.6 cm³/mol. The Labute approximate surface area is 115 Å². The fourth-order valence-electron chi connectivity index (χ4n) is 2.50. The van der Waals surface area contributed by atoms with Gasteiger partial charge in [0.25, 0.3) is 0 Å². The van der Waals surface area contributed by atoms with Crippen molar-refractivity contribution < 1.29 is 4.79 Å². The van der Waals surface area contributed by atoms with Crippen LogP contribution in [0.25, 0.3) is 0 Å². The van der Waals surface area contributed by atoms with E-state index in [0.29, 0.717) is 13.0 Å². The Hall–Kier alpha value is -1.55. The summed E-state index contributed by atoms with van der Waals surface area (Å²) in [4.78, 5) is 16.4. The number of hydrogen-bond acceptors (Lipinski definition) is 3. The summed E-state index contributed by atoms with van der Waals surface area (Å²) in [5.74, 6) is 0.234. The number of carbonyl (C=O) groups is 1. The van der Waals surface area contributed by atoms with Gasteiger partial charge in [-0.25, -0.2) is 0 Å². The summed E-state index contributed by atoms with van der Waals surface area (Å²) in [5, 5.41) is 0. The van der Waals surface area contributed by atoms with E-state index in [1.165, 1.54) is 0 Å². The fraction of sp³-hybridized carbons (Fsp3) is 0.533. The standard InChI is InChI=1S/C15H23N3O/c1-17-11-12-18(14-8-5-4-7-13(14)17)15(19)9-3-2-6-10-16/h4-5,7-8H,2-3,6,9-12,16H2,1H3. The number of carbonyl (C=O) groups excluding carboxylic acids is 1. The molecule has 1 aromatic rings. The molecule has 0 aliphatic carbocycles. The molecule has 1 aliphatic heterocycles. The number of fused-ring (bicyclic) bond motifs is 1. The molecule has 0 unspecified atom stereocenters. The van der Waals surface area contributed by atoms with Crippen molar-refractivity contribution in [1.82, 2.24) is 0 Å². The van der Waals surface area contributed by atoms with Gasteiger partial charge in [-0.15, -0.1) is 0 Å². The number of rotatable bonds is 5. The molecule has 4 heteroatoms. The van der Waals surface area contributed by atoms with Crippen molar-refractivity contribution in [3.05, 3.63) is 24.3 Å². The van der Waals surface area contributed by atoms with Crippen LogP contribution in [0.2, 0.25) is 0 Å². The lowest BCUT2D eigenvalue weighted by atomic mass is 10.1. The fourth-order valence-corrected chi connectivity index (χ4v) is 2.50. The largest absolute Gasteiger partial charge is 0.371 e. The zero-order chi connectivity index (χ0) is 13.7. The average molecular weight is 261 g/mol. The molecular formula is C15H23N3O. The number of hydrogen-bond donors (Lipinski definition) is 1. The number of amides is 1. The van der Waals surface area contributed by atoms with Crippen LogP contribution in [0.4, 0.5) is 11.4 Å². The third-order valence-corrected chi connectivity index (χ3v) is 3.64. The first-order valence-electron chi connectivity index (χ1n) is 7.04. The van der Waals surface area contributed by atoms with Crippen molar-refractivity contribution in [3.63, 3.8) is 0 Å². The van der Waals surface area contributed by atoms with Gasteiger partial charge in [0.1, 0.15) is 0 Å². The second-order valence-corrected chi connectivity index (χ2v) is 5.05. The maximum atomic E-state index is 12.3. The molecule has 0 atom stereocenters. The Morgan fingerprint density at radius 1 is 1.16 bits per heavy atom. The molecule has 1 aromatic carbocycles. The molecule has 1 heterocycles. The number of likely N-dealkylation sites (N-methyl/N-ethyl adjacent to an activating group) is 1. The Kier molecular flexibility index (Phi) is 4.80. The van der Waals surface area contributed by atoms with Crippen LogP contribution in [0.5, 0.6) is 0 Å². The van der Waals surface area contributed by atoms with Crippen molar-refractivity contribution in [2.75, 3.05) is 36.5 Å². The van der Waals surface area contributed by atoms with Gasteiger partial charge in [-0.1, -0.05) is 18.6 Å². The highest BCUT2D eigenvalue weighted by molar-refractivity contribution is 5.97. The van der Waals surface area contributed by atoms with Crippen LogP contribution in [0, 0.1) is 0 Å². The van der Waals surface area contributed by atoms with Crippen LogP contribution in [-0.4, -0.2) is 32.6 Å². The van der Waals surface area contributed by atoms with E-state index in [2.05, 4.69) is 18.0 Å². The van der Waals surface area contributed by atoms with Gasteiger partial charge < -0.3 is 15.5 Å². The van der Waals surface area contributed by atoms with Gasteiger partial charge in [-0.2, -0.15) is 0 Å². The number of nitrogens with zero attached hydrogens (tertiary/aromatic N) is 2. The molecule has 0 bridgehead atoms. The van der Waals surface area contributed by atoms with Gasteiger partial charge in [-0.3, -0.25) is 4.79 Å². The number of para-hydroxylation sites is 2. The molecule has 1 aliphatic rings. The van der Waals surface area contributed by atoms with Gasteiger partial charge in [0, 0.05) is 26.6 Å². The van der Waals surface area contributed by atoms with Crippen molar-refractivity contribution in [3.8, 4) is 0 Å². The molecular weight excluding hydrogens is 238 g/mol. The minimum Gasteiger partial charge on any atom is -0.371 e. The number of nitrogens with two attached hydrogens (primary N) is 1. The van der Waals surface area contributed by atoms with Crippen LogP contribution < -0.4 is 15.5 Å². The highest BCUT2D eigenvalue weighted by atomic mass is 16.2. The van der Waals surface area contributed by atoms with Gasteiger partial charge in [0.2, 0.25) is 5.91 Å². The molecule has 1 amide bonds. The second-order valence-electron chi connectivity index (χ2n) is 5.05. The number of unbranched alkanes of at least 4 members (excludes halogenated alkanes) is 2. The molecule has 4 nitrogen and oxygen atoms in total. The van der Waals surface area contributed by atoms with Crippen LogP contribution in [0.3, 0.4) is 0 Å². The summed E-state index contributed by atoms with van der Waals surface area (Å²) < 4.78 is 0. The molecule has 0 fully saturated rings. The van der Waals surface area contributed by atoms with E-state index in [1.54, 1.807) is 0 Å². The second kappa shape index (κ2) is 6.57. The van der Waals surface area contributed by atoms with E-state index < -0.39 is 0 Å². The predicted octanol–water partition coefficient (Wildman–Crippen LogP) is 1.99. The van der Waals surface area contributed by atoms with Crippen molar-refractivity contribution in [2.24, 2.45) is 5.73 Å². The highest BCUT2D eigenvalue weighted by Gasteiger charge is 2.23. The van der Waals surface area contributed by atoms with Crippen molar-refractivity contribution >= 4 is 17.3 Å². The van der Waals surface area contributed by atoms with Crippen LogP contribution in [-0.2, 0) is 4.79 Å². The summed E-state index contributed by atoms with van der Waals surface area (Å²) >= 11 is 0. The molecule has 19 heavy (non-hydrogen) atoms. The van der Waals surface area contributed by atoms with E-state index in [0.717, 1.165) is 43.7 Å². The van der Waals surface area contributed by atoms with Crippen LogP contribution in [0.1, 0.15) is 25.7 Å².